The van der Waals surface area contributed by atoms with Gasteiger partial charge in [-0.2, -0.15) is 0 Å². The maximum atomic E-state index is 11.3. The summed E-state index contributed by atoms with van der Waals surface area (Å²) in [6, 6.07) is 3.60. The number of pyridine rings is 1. The van der Waals surface area contributed by atoms with Gasteiger partial charge in [-0.15, -0.1) is 5.10 Å². The number of rotatable bonds is 2. The Morgan fingerprint density at radius 1 is 1.56 bits per heavy atom. The van der Waals surface area contributed by atoms with Gasteiger partial charge >= 0.3 is 0 Å². The van der Waals surface area contributed by atoms with E-state index in [-0.39, 0.29) is 5.69 Å². The summed E-state index contributed by atoms with van der Waals surface area (Å²) in [4.78, 5) is 15.3. The first kappa shape index (κ1) is 10.2. The van der Waals surface area contributed by atoms with Crippen molar-refractivity contribution in [3.8, 4) is 5.69 Å². The molecule has 16 heavy (non-hydrogen) atoms. The molecule has 2 aromatic rings. The van der Waals surface area contributed by atoms with Crippen molar-refractivity contribution >= 4 is 5.91 Å². The molecule has 0 saturated heterocycles. The molecule has 0 aliphatic heterocycles. The molecule has 1 amide bonds. The highest BCUT2D eigenvalue weighted by Gasteiger charge is 2.15. The Balaban J connectivity index is 2.45. The fourth-order valence-electron chi connectivity index (χ4n) is 1.33. The number of amides is 1. The molecule has 7 heteroatoms. The van der Waals surface area contributed by atoms with Gasteiger partial charge in [0.1, 0.15) is 0 Å². The SMILES string of the molecule is Cc1c(C(=O)NN)nnn1-c1cccnc1. The molecule has 0 aliphatic carbocycles. The van der Waals surface area contributed by atoms with Gasteiger partial charge < -0.3 is 0 Å². The topological polar surface area (TPSA) is 98.7 Å². The van der Waals surface area contributed by atoms with Gasteiger partial charge in [0.2, 0.25) is 0 Å². The van der Waals surface area contributed by atoms with Crippen LogP contribution >= 0.6 is 0 Å². The standard InChI is InChI=1S/C9H10N6O/c1-6-8(9(16)12-10)13-14-15(6)7-3-2-4-11-5-7/h2-5H,10H2,1H3,(H,12,16). The molecule has 0 aromatic carbocycles. The Hall–Kier alpha value is -2.28. The van der Waals surface area contributed by atoms with E-state index in [4.69, 9.17) is 5.84 Å². The molecule has 0 unspecified atom stereocenters. The smallest absolute Gasteiger partial charge is 0.287 e. The first-order valence-corrected chi connectivity index (χ1v) is 4.57. The molecule has 2 heterocycles. The Morgan fingerprint density at radius 3 is 3.00 bits per heavy atom. The molecule has 0 spiro atoms. The minimum absolute atomic E-state index is 0.200. The first-order chi connectivity index (χ1) is 7.74. The average molecular weight is 218 g/mol. The minimum atomic E-state index is -0.465. The van der Waals surface area contributed by atoms with E-state index in [2.05, 4.69) is 15.3 Å². The van der Waals surface area contributed by atoms with Crippen LogP contribution in [0.15, 0.2) is 24.5 Å². The van der Waals surface area contributed by atoms with Gasteiger partial charge in [-0.25, -0.2) is 10.5 Å². The third-order valence-electron chi connectivity index (χ3n) is 2.13. The number of nitrogens with two attached hydrogens (primary N) is 1. The van der Waals surface area contributed by atoms with Crippen molar-refractivity contribution in [2.75, 3.05) is 0 Å². The molecule has 0 aliphatic rings. The van der Waals surface area contributed by atoms with Gasteiger partial charge in [-0.3, -0.25) is 15.2 Å². The predicted octanol–water partition coefficient (Wildman–Crippen LogP) is -0.426. The van der Waals surface area contributed by atoms with Crippen LogP contribution in [0, 0.1) is 6.92 Å². The van der Waals surface area contributed by atoms with Crippen LogP contribution in [0.1, 0.15) is 16.2 Å². The van der Waals surface area contributed by atoms with E-state index in [1.54, 1.807) is 25.4 Å². The fourth-order valence-corrected chi connectivity index (χ4v) is 1.33. The predicted molar refractivity (Wildman–Crippen MR) is 55.5 cm³/mol. The molecular weight excluding hydrogens is 208 g/mol. The van der Waals surface area contributed by atoms with Crippen LogP contribution < -0.4 is 11.3 Å². The third-order valence-corrected chi connectivity index (χ3v) is 2.13. The number of hydrogen-bond donors (Lipinski definition) is 2. The van der Waals surface area contributed by atoms with Crippen molar-refractivity contribution in [3.05, 3.63) is 35.9 Å². The van der Waals surface area contributed by atoms with Crippen LogP contribution in [0.4, 0.5) is 0 Å². The van der Waals surface area contributed by atoms with Gasteiger partial charge in [0.25, 0.3) is 5.91 Å². The summed E-state index contributed by atoms with van der Waals surface area (Å²) in [5.74, 6) is 4.57. The average Bonchev–Trinajstić information content (AvgIpc) is 2.71. The van der Waals surface area contributed by atoms with Gasteiger partial charge in [0.15, 0.2) is 5.69 Å². The summed E-state index contributed by atoms with van der Waals surface area (Å²) in [6.45, 7) is 1.73. The number of nitrogens with one attached hydrogen (secondary N) is 1. The normalized spacial score (nSPS) is 10.1. The first-order valence-electron chi connectivity index (χ1n) is 4.57. The van der Waals surface area contributed by atoms with Crippen molar-refractivity contribution < 1.29 is 4.79 Å². The lowest BCUT2D eigenvalue weighted by Crippen LogP contribution is -2.30. The lowest BCUT2D eigenvalue weighted by Gasteiger charge is -2.01. The highest BCUT2D eigenvalue weighted by molar-refractivity contribution is 5.92. The molecule has 0 fully saturated rings. The number of carbonyl (C=O) groups excluding carboxylic acids is 1. The van der Waals surface area contributed by atoms with E-state index in [1.165, 1.54) is 4.68 Å². The van der Waals surface area contributed by atoms with Gasteiger partial charge in [-0.05, 0) is 19.1 Å². The number of hydrogen-bond acceptors (Lipinski definition) is 5. The largest absolute Gasteiger partial charge is 0.289 e. The monoisotopic (exact) mass is 218 g/mol. The second-order valence-electron chi connectivity index (χ2n) is 3.12. The van der Waals surface area contributed by atoms with Crippen LogP contribution in [0.2, 0.25) is 0 Å². The zero-order valence-corrected chi connectivity index (χ0v) is 8.58. The summed E-state index contributed by atoms with van der Waals surface area (Å²) >= 11 is 0. The lowest BCUT2D eigenvalue weighted by molar-refractivity contribution is 0.0948. The van der Waals surface area contributed by atoms with E-state index >= 15 is 0 Å². The molecule has 0 saturated carbocycles. The highest BCUT2D eigenvalue weighted by Crippen LogP contribution is 2.10. The summed E-state index contributed by atoms with van der Waals surface area (Å²) in [6.07, 6.45) is 3.29. The number of carbonyl (C=O) groups is 1. The Morgan fingerprint density at radius 2 is 2.38 bits per heavy atom. The van der Waals surface area contributed by atoms with Crippen LogP contribution in [-0.2, 0) is 0 Å². The van der Waals surface area contributed by atoms with E-state index in [9.17, 15) is 4.79 Å². The zero-order chi connectivity index (χ0) is 11.5. The molecule has 0 radical (unpaired) electrons. The molecule has 7 nitrogen and oxygen atoms in total. The van der Waals surface area contributed by atoms with Crippen molar-refractivity contribution in [3.63, 3.8) is 0 Å². The number of nitrogens with zero attached hydrogens (tertiary/aromatic N) is 4. The Kier molecular flexibility index (Phi) is 2.61. The van der Waals surface area contributed by atoms with E-state index in [0.717, 1.165) is 5.69 Å². The number of hydrazine groups is 1. The molecule has 2 rings (SSSR count). The fraction of sp³-hybridized carbons (Fsp3) is 0.111. The highest BCUT2D eigenvalue weighted by atomic mass is 16.2. The Bertz CT molecular complexity index is 506. The lowest BCUT2D eigenvalue weighted by atomic mass is 10.3. The second kappa shape index (κ2) is 4.07. The van der Waals surface area contributed by atoms with Crippen molar-refractivity contribution in [2.45, 2.75) is 6.92 Å². The molecule has 2 aromatic heterocycles. The van der Waals surface area contributed by atoms with E-state index < -0.39 is 5.91 Å². The van der Waals surface area contributed by atoms with Crippen LogP contribution in [-0.4, -0.2) is 25.9 Å². The second-order valence-corrected chi connectivity index (χ2v) is 3.12. The molecule has 0 atom stereocenters. The van der Waals surface area contributed by atoms with E-state index in [0.29, 0.717) is 5.69 Å². The molecule has 82 valence electrons. The van der Waals surface area contributed by atoms with E-state index in [1.807, 2.05) is 11.5 Å². The minimum Gasteiger partial charge on any atom is -0.289 e. The number of aromatic nitrogens is 4. The van der Waals surface area contributed by atoms with Crippen molar-refractivity contribution in [1.29, 1.82) is 0 Å². The maximum absolute atomic E-state index is 11.3. The van der Waals surface area contributed by atoms with Crippen molar-refractivity contribution in [1.82, 2.24) is 25.4 Å². The van der Waals surface area contributed by atoms with Gasteiger partial charge in [-0.1, -0.05) is 5.21 Å². The van der Waals surface area contributed by atoms with Crippen molar-refractivity contribution in [2.24, 2.45) is 5.84 Å². The van der Waals surface area contributed by atoms with Gasteiger partial charge in [0, 0.05) is 6.20 Å². The quantitative estimate of drug-likeness (QED) is 0.405. The van der Waals surface area contributed by atoms with Crippen LogP contribution in [0.3, 0.4) is 0 Å². The summed E-state index contributed by atoms with van der Waals surface area (Å²) in [5, 5.41) is 7.62. The summed E-state index contributed by atoms with van der Waals surface area (Å²) in [7, 11) is 0. The van der Waals surface area contributed by atoms with Crippen LogP contribution in [0.25, 0.3) is 5.69 Å². The zero-order valence-electron chi connectivity index (χ0n) is 8.58. The molecule has 0 bridgehead atoms. The maximum Gasteiger partial charge on any atom is 0.287 e. The molecular formula is C9H10N6O. The summed E-state index contributed by atoms with van der Waals surface area (Å²) in [5.41, 5.74) is 3.56. The number of nitrogen functional groups attached to an aromatic ring is 1. The van der Waals surface area contributed by atoms with Gasteiger partial charge in [0.05, 0.1) is 17.6 Å². The molecule has 3 N–H and O–H groups in total. The third kappa shape index (κ3) is 1.63. The van der Waals surface area contributed by atoms with Crippen LogP contribution in [0.5, 0.6) is 0 Å². The Labute approximate surface area is 91.3 Å². The summed E-state index contributed by atoms with van der Waals surface area (Å²) < 4.78 is 1.53.